The molecular weight excluding hydrogens is 256 g/mol. The molecule has 1 aromatic carbocycles. The summed E-state index contributed by atoms with van der Waals surface area (Å²) in [6.07, 6.45) is 2.16. The van der Waals surface area contributed by atoms with E-state index >= 15 is 0 Å². The first-order valence-electron chi connectivity index (χ1n) is 7.13. The number of benzene rings is 1. The van der Waals surface area contributed by atoms with Gasteiger partial charge in [0.25, 0.3) is 5.69 Å². The van der Waals surface area contributed by atoms with Crippen LogP contribution in [0.2, 0.25) is 0 Å². The molecule has 0 radical (unpaired) electrons. The quantitative estimate of drug-likeness (QED) is 0.656. The number of rotatable bonds is 4. The minimum absolute atomic E-state index is 0.0755. The van der Waals surface area contributed by atoms with E-state index in [-0.39, 0.29) is 11.7 Å². The van der Waals surface area contributed by atoms with Gasteiger partial charge in [0.05, 0.1) is 11.0 Å². The lowest BCUT2D eigenvalue weighted by Crippen LogP contribution is -2.38. The van der Waals surface area contributed by atoms with Gasteiger partial charge in [-0.05, 0) is 44.2 Å². The molecule has 110 valence electrons. The van der Waals surface area contributed by atoms with Crippen molar-refractivity contribution in [1.82, 2.24) is 5.32 Å². The Morgan fingerprint density at radius 3 is 2.95 bits per heavy atom. The molecule has 1 saturated heterocycles. The highest BCUT2D eigenvalue weighted by Crippen LogP contribution is 2.28. The molecule has 0 aliphatic carbocycles. The van der Waals surface area contributed by atoms with Crippen molar-refractivity contribution in [3.05, 3.63) is 39.4 Å². The summed E-state index contributed by atoms with van der Waals surface area (Å²) >= 11 is 0. The Kier molecular flexibility index (Phi) is 4.73. The monoisotopic (exact) mass is 278 g/mol. The molecule has 3 atom stereocenters. The Hall–Kier alpha value is -1.46. The van der Waals surface area contributed by atoms with Crippen molar-refractivity contribution < 1.29 is 10.0 Å². The lowest BCUT2D eigenvalue weighted by molar-refractivity contribution is -0.385. The summed E-state index contributed by atoms with van der Waals surface area (Å²) in [7, 11) is 0. The van der Waals surface area contributed by atoms with Crippen LogP contribution in [0.1, 0.15) is 43.4 Å². The summed E-state index contributed by atoms with van der Waals surface area (Å²) < 4.78 is 0. The topological polar surface area (TPSA) is 75.4 Å². The number of nitro groups is 1. The van der Waals surface area contributed by atoms with E-state index < -0.39 is 11.0 Å². The summed E-state index contributed by atoms with van der Waals surface area (Å²) in [5, 5.41) is 24.6. The molecule has 1 aromatic rings. The first kappa shape index (κ1) is 14.9. The molecule has 0 spiro atoms. The number of aryl methyl sites for hydroxylation is 1. The fourth-order valence-electron chi connectivity index (χ4n) is 2.84. The third-order valence-electron chi connectivity index (χ3n) is 4.08. The van der Waals surface area contributed by atoms with Crippen LogP contribution in [0.3, 0.4) is 0 Å². The summed E-state index contributed by atoms with van der Waals surface area (Å²) in [5.41, 5.74) is 1.32. The van der Waals surface area contributed by atoms with Gasteiger partial charge in [-0.2, -0.15) is 0 Å². The average molecular weight is 278 g/mol. The van der Waals surface area contributed by atoms with Crippen LogP contribution in [0.25, 0.3) is 0 Å². The van der Waals surface area contributed by atoms with Crippen molar-refractivity contribution >= 4 is 5.69 Å². The lowest BCUT2D eigenvalue weighted by atomic mass is 9.89. The van der Waals surface area contributed by atoms with Gasteiger partial charge < -0.3 is 10.4 Å². The molecule has 1 heterocycles. The molecule has 0 aromatic heterocycles. The molecule has 5 heteroatoms. The molecular formula is C15H22N2O3. The Balaban J connectivity index is 2.07. The summed E-state index contributed by atoms with van der Waals surface area (Å²) in [6, 6.07) is 5.26. The van der Waals surface area contributed by atoms with Gasteiger partial charge in [0.15, 0.2) is 0 Å². The van der Waals surface area contributed by atoms with E-state index in [4.69, 9.17) is 0 Å². The minimum Gasteiger partial charge on any atom is -0.388 e. The van der Waals surface area contributed by atoms with Crippen molar-refractivity contribution in [2.24, 2.45) is 5.92 Å². The van der Waals surface area contributed by atoms with Crippen LogP contribution >= 0.6 is 0 Å². The SMILES string of the molecule is Cc1ccc(C(O)CC2CC(C)CCN2)cc1[N+](=O)[O-]. The maximum absolute atomic E-state index is 10.9. The number of piperidine rings is 1. The second-order valence-electron chi connectivity index (χ2n) is 5.84. The van der Waals surface area contributed by atoms with Crippen LogP contribution in [0, 0.1) is 23.0 Å². The highest BCUT2D eigenvalue weighted by atomic mass is 16.6. The molecule has 5 nitrogen and oxygen atoms in total. The molecule has 1 aliphatic heterocycles. The summed E-state index contributed by atoms with van der Waals surface area (Å²) in [6.45, 7) is 4.90. The maximum atomic E-state index is 10.9. The van der Waals surface area contributed by atoms with E-state index in [0.717, 1.165) is 13.0 Å². The molecule has 20 heavy (non-hydrogen) atoms. The Morgan fingerprint density at radius 2 is 2.30 bits per heavy atom. The first-order valence-corrected chi connectivity index (χ1v) is 7.13. The highest BCUT2D eigenvalue weighted by molar-refractivity contribution is 5.43. The molecule has 2 rings (SSSR count). The normalized spacial score (nSPS) is 24.4. The maximum Gasteiger partial charge on any atom is 0.272 e. The number of nitrogens with one attached hydrogen (secondary N) is 1. The van der Waals surface area contributed by atoms with Crippen molar-refractivity contribution in [2.75, 3.05) is 6.54 Å². The smallest absolute Gasteiger partial charge is 0.272 e. The number of hydrogen-bond donors (Lipinski definition) is 2. The predicted octanol–water partition coefficient (Wildman–Crippen LogP) is 2.71. The molecule has 2 N–H and O–H groups in total. The standard InChI is InChI=1S/C15H22N2O3/c1-10-5-6-16-13(7-10)9-15(18)12-4-3-11(2)14(8-12)17(19)20/h3-4,8,10,13,15-16,18H,5-7,9H2,1-2H3. The fraction of sp³-hybridized carbons (Fsp3) is 0.600. The van der Waals surface area contributed by atoms with Crippen LogP contribution in [0.15, 0.2) is 18.2 Å². The predicted molar refractivity (Wildman–Crippen MR) is 77.6 cm³/mol. The highest BCUT2D eigenvalue weighted by Gasteiger charge is 2.23. The summed E-state index contributed by atoms with van der Waals surface area (Å²) in [4.78, 5) is 10.5. The molecule has 0 bridgehead atoms. The zero-order valence-electron chi connectivity index (χ0n) is 12.0. The van der Waals surface area contributed by atoms with Crippen LogP contribution in [-0.2, 0) is 0 Å². The number of hydrogen-bond acceptors (Lipinski definition) is 4. The van der Waals surface area contributed by atoms with Gasteiger partial charge in [-0.3, -0.25) is 10.1 Å². The third-order valence-corrected chi connectivity index (χ3v) is 4.08. The van der Waals surface area contributed by atoms with Crippen molar-refractivity contribution in [1.29, 1.82) is 0 Å². The molecule has 1 aliphatic rings. The van der Waals surface area contributed by atoms with Crippen LogP contribution < -0.4 is 5.32 Å². The number of nitrogens with zero attached hydrogens (tertiary/aromatic N) is 1. The van der Waals surface area contributed by atoms with Crippen LogP contribution in [0.5, 0.6) is 0 Å². The molecule has 0 saturated carbocycles. The van der Waals surface area contributed by atoms with Gasteiger partial charge in [0.1, 0.15) is 0 Å². The van der Waals surface area contributed by atoms with Crippen LogP contribution in [0.4, 0.5) is 5.69 Å². The van der Waals surface area contributed by atoms with E-state index in [9.17, 15) is 15.2 Å². The molecule has 3 unspecified atom stereocenters. The van der Waals surface area contributed by atoms with E-state index in [2.05, 4.69) is 12.2 Å². The van der Waals surface area contributed by atoms with Gasteiger partial charge in [-0.1, -0.05) is 19.1 Å². The first-order chi connectivity index (χ1) is 9.47. The zero-order chi connectivity index (χ0) is 14.7. The minimum atomic E-state index is -0.655. The Labute approximate surface area is 119 Å². The van der Waals surface area contributed by atoms with Crippen molar-refractivity contribution in [3.8, 4) is 0 Å². The van der Waals surface area contributed by atoms with Crippen LogP contribution in [-0.4, -0.2) is 22.6 Å². The van der Waals surface area contributed by atoms with Gasteiger partial charge in [-0.15, -0.1) is 0 Å². The van der Waals surface area contributed by atoms with E-state index in [1.807, 2.05) is 0 Å². The van der Waals surface area contributed by atoms with E-state index in [0.29, 0.717) is 23.5 Å². The number of aliphatic hydroxyl groups excluding tert-OH is 1. The third kappa shape index (κ3) is 3.55. The second kappa shape index (κ2) is 6.33. The summed E-state index contributed by atoms with van der Waals surface area (Å²) in [5.74, 6) is 0.667. The Morgan fingerprint density at radius 1 is 1.55 bits per heavy atom. The zero-order valence-corrected chi connectivity index (χ0v) is 12.0. The molecule has 0 amide bonds. The average Bonchev–Trinajstić information content (AvgIpc) is 2.38. The lowest BCUT2D eigenvalue weighted by Gasteiger charge is -2.29. The van der Waals surface area contributed by atoms with Gasteiger partial charge in [0.2, 0.25) is 0 Å². The van der Waals surface area contributed by atoms with Gasteiger partial charge in [0, 0.05) is 17.7 Å². The van der Waals surface area contributed by atoms with Crippen molar-refractivity contribution in [3.63, 3.8) is 0 Å². The fourth-order valence-corrected chi connectivity index (χ4v) is 2.84. The largest absolute Gasteiger partial charge is 0.388 e. The molecule has 1 fully saturated rings. The Bertz CT molecular complexity index is 490. The van der Waals surface area contributed by atoms with Crippen molar-refractivity contribution in [2.45, 2.75) is 45.3 Å². The van der Waals surface area contributed by atoms with Gasteiger partial charge >= 0.3 is 0 Å². The van der Waals surface area contributed by atoms with E-state index in [1.165, 1.54) is 12.5 Å². The number of nitro benzene ring substituents is 1. The number of aliphatic hydroxyl groups is 1. The van der Waals surface area contributed by atoms with Gasteiger partial charge in [-0.25, -0.2) is 0 Å². The van der Waals surface area contributed by atoms with E-state index in [1.54, 1.807) is 19.1 Å². The second-order valence-corrected chi connectivity index (χ2v) is 5.84.